The molecule has 1 atom stereocenters. The molecule has 1 aliphatic heterocycles. The minimum Gasteiger partial charge on any atom is -0.342 e. The molecule has 0 spiro atoms. The van der Waals surface area contributed by atoms with Crippen LogP contribution in [-0.4, -0.2) is 44.1 Å². The molecule has 1 saturated heterocycles. The molecule has 1 aromatic rings. The first-order valence-electron chi connectivity index (χ1n) is 10.1. The number of hydrogen-bond donors (Lipinski definition) is 1. The van der Waals surface area contributed by atoms with E-state index in [4.69, 9.17) is 0 Å². The lowest BCUT2D eigenvalue weighted by Crippen LogP contribution is -2.47. The van der Waals surface area contributed by atoms with Crippen molar-refractivity contribution in [1.29, 1.82) is 0 Å². The lowest BCUT2D eigenvalue weighted by atomic mass is 9.94. The molecular formula is C21H34N2O3S. The molecule has 0 bridgehead atoms. The summed E-state index contributed by atoms with van der Waals surface area (Å²) in [7, 11) is -3.20. The largest absolute Gasteiger partial charge is 0.342 e. The van der Waals surface area contributed by atoms with Crippen LogP contribution < -0.4 is 4.72 Å². The Morgan fingerprint density at radius 3 is 2.48 bits per heavy atom. The number of carbonyl (C=O) groups excluding carboxylic acids is 1. The summed E-state index contributed by atoms with van der Waals surface area (Å²) in [6.45, 7) is 9.42. The van der Waals surface area contributed by atoms with Crippen LogP contribution in [-0.2, 0) is 21.2 Å². The summed E-state index contributed by atoms with van der Waals surface area (Å²) >= 11 is 0. The first-order chi connectivity index (χ1) is 12.7. The minimum absolute atomic E-state index is 0.0599. The van der Waals surface area contributed by atoms with E-state index in [0.29, 0.717) is 38.3 Å². The molecule has 6 heteroatoms. The number of nitrogens with zero attached hydrogens (tertiary/aromatic N) is 1. The molecule has 2 rings (SSSR count). The highest BCUT2D eigenvalue weighted by molar-refractivity contribution is 7.89. The third-order valence-corrected chi connectivity index (χ3v) is 6.73. The molecule has 0 saturated carbocycles. The molecule has 1 fully saturated rings. The van der Waals surface area contributed by atoms with Gasteiger partial charge in [0.05, 0.1) is 11.7 Å². The highest BCUT2D eigenvalue weighted by Crippen LogP contribution is 2.23. The van der Waals surface area contributed by atoms with Crippen molar-refractivity contribution in [1.82, 2.24) is 9.62 Å². The standard InChI is InChI=1S/C21H34N2O3S/c1-5-13-27(25,26)22-20-9-11-23(12-10-20)21(24)17(4)19-8-6-7-18(15-19)14-16(2)3/h6-8,15-17,20,22H,5,9-14H2,1-4H3. The number of nitrogens with one attached hydrogen (secondary N) is 1. The molecule has 0 aliphatic carbocycles. The third-order valence-electron chi connectivity index (χ3n) is 5.09. The zero-order valence-corrected chi connectivity index (χ0v) is 17.9. The average Bonchev–Trinajstić information content (AvgIpc) is 2.60. The molecule has 0 radical (unpaired) electrons. The van der Waals surface area contributed by atoms with Gasteiger partial charge >= 0.3 is 0 Å². The van der Waals surface area contributed by atoms with Gasteiger partial charge in [-0.05, 0) is 49.7 Å². The predicted octanol–water partition coefficient (Wildman–Crippen LogP) is 3.31. The van der Waals surface area contributed by atoms with Crippen LogP contribution in [0.25, 0.3) is 0 Å². The van der Waals surface area contributed by atoms with Gasteiger partial charge in [0.25, 0.3) is 0 Å². The van der Waals surface area contributed by atoms with E-state index in [0.717, 1.165) is 12.0 Å². The van der Waals surface area contributed by atoms with Crippen molar-refractivity contribution in [2.75, 3.05) is 18.8 Å². The van der Waals surface area contributed by atoms with Crippen molar-refractivity contribution in [3.63, 3.8) is 0 Å². The van der Waals surface area contributed by atoms with Crippen molar-refractivity contribution >= 4 is 15.9 Å². The number of rotatable bonds is 8. The van der Waals surface area contributed by atoms with Crippen LogP contribution in [0.1, 0.15) is 64.0 Å². The quantitative estimate of drug-likeness (QED) is 0.736. The summed E-state index contributed by atoms with van der Waals surface area (Å²) < 4.78 is 26.6. The molecule has 1 unspecified atom stereocenters. The zero-order valence-electron chi connectivity index (χ0n) is 17.1. The Balaban J connectivity index is 1.93. The van der Waals surface area contributed by atoms with Crippen LogP contribution >= 0.6 is 0 Å². The maximum Gasteiger partial charge on any atom is 0.229 e. The topological polar surface area (TPSA) is 66.5 Å². The first kappa shape index (κ1) is 21.9. The van der Waals surface area contributed by atoms with E-state index in [1.165, 1.54) is 5.56 Å². The van der Waals surface area contributed by atoms with Crippen LogP contribution in [0.4, 0.5) is 0 Å². The van der Waals surface area contributed by atoms with Gasteiger partial charge < -0.3 is 4.90 Å². The maximum atomic E-state index is 12.9. The lowest BCUT2D eigenvalue weighted by molar-refractivity contribution is -0.133. The van der Waals surface area contributed by atoms with E-state index in [1.54, 1.807) is 0 Å². The summed E-state index contributed by atoms with van der Waals surface area (Å²) in [5, 5.41) is 0. The first-order valence-corrected chi connectivity index (χ1v) is 11.7. The predicted molar refractivity (Wildman–Crippen MR) is 110 cm³/mol. The molecule has 1 N–H and O–H groups in total. The fourth-order valence-corrected chi connectivity index (χ4v) is 5.08. The summed E-state index contributed by atoms with van der Waals surface area (Å²) in [6, 6.07) is 8.27. The Kier molecular flexibility index (Phi) is 7.86. The second-order valence-electron chi connectivity index (χ2n) is 8.10. The summed E-state index contributed by atoms with van der Waals surface area (Å²) in [5.74, 6) is 0.703. The van der Waals surface area contributed by atoms with Gasteiger partial charge in [-0.1, -0.05) is 45.0 Å². The van der Waals surface area contributed by atoms with Gasteiger partial charge in [-0.3, -0.25) is 4.79 Å². The molecule has 5 nitrogen and oxygen atoms in total. The smallest absolute Gasteiger partial charge is 0.229 e. The van der Waals surface area contributed by atoms with Crippen molar-refractivity contribution in [3.8, 4) is 0 Å². The zero-order chi connectivity index (χ0) is 20.0. The number of carbonyl (C=O) groups is 1. The van der Waals surface area contributed by atoms with Crippen molar-refractivity contribution in [3.05, 3.63) is 35.4 Å². The third kappa shape index (κ3) is 6.61. The van der Waals surface area contributed by atoms with Crippen LogP contribution in [0.5, 0.6) is 0 Å². The number of sulfonamides is 1. The average molecular weight is 395 g/mol. The van der Waals surface area contributed by atoms with Gasteiger partial charge in [0.2, 0.25) is 15.9 Å². The van der Waals surface area contributed by atoms with Crippen molar-refractivity contribution in [2.45, 2.75) is 65.3 Å². The number of benzene rings is 1. The number of amides is 1. The lowest BCUT2D eigenvalue weighted by Gasteiger charge is -2.34. The monoisotopic (exact) mass is 394 g/mol. The van der Waals surface area contributed by atoms with Gasteiger partial charge in [0.15, 0.2) is 0 Å². The second kappa shape index (κ2) is 9.69. The maximum absolute atomic E-state index is 12.9. The van der Waals surface area contributed by atoms with Crippen molar-refractivity contribution in [2.24, 2.45) is 5.92 Å². The Bertz CT molecular complexity index is 723. The van der Waals surface area contributed by atoms with Crippen LogP contribution in [0.2, 0.25) is 0 Å². The van der Waals surface area contributed by atoms with Crippen LogP contribution in [0.3, 0.4) is 0 Å². The number of likely N-dealkylation sites (tertiary alicyclic amines) is 1. The summed E-state index contributed by atoms with van der Waals surface area (Å²) in [5.41, 5.74) is 2.33. The van der Waals surface area contributed by atoms with E-state index in [2.05, 4.69) is 30.7 Å². The fraction of sp³-hybridized carbons (Fsp3) is 0.667. The molecule has 152 valence electrons. The summed E-state index contributed by atoms with van der Waals surface area (Å²) in [4.78, 5) is 14.8. The van der Waals surface area contributed by atoms with Crippen molar-refractivity contribution < 1.29 is 13.2 Å². The number of piperidine rings is 1. The van der Waals surface area contributed by atoms with Crippen LogP contribution in [0.15, 0.2) is 24.3 Å². The minimum atomic E-state index is -3.20. The molecule has 1 amide bonds. The van der Waals surface area contributed by atoms with E-state index >= 15 is 0 Å². The second-order valence-corrected chi connectivity index (χ2v) is 9.97. The molecule has 1 heterocycles. The molecule has 0 aromatic heterocycles. The highest BCUT2D eigenvalue weighted by atomic mass is 32.2. The molecule has 1 aromatic carbocycles. The summed E-state index contributed by atoms with van der Waals surface area (Å²) in [6.07, 6.45) is 2.97. The van der Waals surface area contributed by atoms with E-state index < -0.39 is 10.0 Å². The Morgan fingerprint density at radius 2 is 1.89 bits per heavy atom. The van der Waals surface area contributed by atoms with E-state index in [9.17, 15) is 13.2 Å². The Hall–Kier alpha value is -1.40. The normalized spacial score (nSPS) is 17.3. The highest BCUT2D eigenvalue weighted by Gasteiger charge is 2.28. The van der Waals surface area contributed by atoms with Gasteiger partial charge in [0, 0.05) is 19.1 Å². The Morgan fingerprint density at radius 1 is 1.22 bits per heavy atom. The molecule has 1 aliphatic rings. The molecule has 27 heavy (non-hydrogen) atoms. The number of hydrogen-bond acceptors (Lipinski definition) is 3. The van der Waals surface area contributed by atoms with E-state index in [1.807, 2.05) is 30.9 Å². The van der Waals surface area contributed by atoms with Gasteiger partial charge in [-0.15, -0.1) is 0 Å². The van der Waals surface area contributed by atoms with E-state index in [-0.39, 0.29) is 23.6 Å². The SMILES string of the molecule is CCCS(=O)(=O)NC1CCN(C(=O)C(C)c2cccc(CC(C)C)c2)CC1. The Labute approximate surface area is 164 Å². The molecular weight excluding hydrogens is 360 g/mol. The van der Waals surface area contributed by atoms with Gasteiger partial charge in [-0.2, -0.15) is 0 Å². The van der Waals surface area contributed by atoms with Gasteiger partial charge in [-0.25, -0.2) is 13.1 Å². The van der Waals surface area contributed by atoms with Gasteiger partial charge in [0.1, 0.15) is 0 Å². The fourth-order valence-electron chi connectivity index (χ4n) is 3.68. The van der Waals surface area contributed by atoms with Crippen LogP contribution in [0, 0.1) is 5.92 Å².